The van der Waals surface area contributed by atoms with Crippen molar-refractivity contribution in [3.05, 3.63) is 28.5 Å². The summed E-state index contributed by atoms with van der Waals surface area (Å²) >= 11 is 3.12. The molecule has 1 aromatic heterocycles. The first-order valence-electron chi connectivity index (χ1n) is 3.78. The van der Waals surface area contributed by atoms with Crippen LogP contribution in [0.4, 0.5) is 0 Å². The molecule has 74 valence electrons. The van der Waals surface area contributed by atoms with Crippen molar-refractivity contribution in [2.75, 3.05) is 0 Å². The normalized spacial score (nSPS) is 9.29. The molecule has 5 nitrogen and oxygen atoms in total. The Balaban J connectivity index is 2.70. The van der Waals surface area contributed by atoms with E-state index in [0.29, 0.717) is 10.2 Å². The maximum atomic E-state index is 11.4. The van der Waals surface area contributed by atoms with Gasteiger partial charge in [0.05, 0.1) is 5.56 Å². The molecule has 6 heteroatoms. The summed E-state index contributed by atoms with van der Waals surface area (Å²) in [5, 5.41) is 0. The molecule has 0 aliphatic heterocycles. The minimum atomic E-state index is -0.417. The molecular weight excluding hydrogens is 250 g/mol. The van der Waals surface area contributed by atoms with Gasteiger partial charge < -0.3 is 0 Å². The topological polar surface area (TPSA) is 71.1 Å². The number of aromatic nitrogens is 1. The minimum absolute atomic E-state index is 0.335. The molecule has 1 rings (SSSR count). The Bertz CT molecular complexity index is 367. The van der Waals surface area contributed by atoms with Crippen LogP contribution in [0.3, 0.4) is 0 Å². The van der Waals surface area contributed by atoms with Crippen molar-refractivity contribution in [1.29, 1.82) is 0 Å². The van der Waals surface area contributed by atoms with Crippen LogP contribution in [0.25, 0.3) is 0 Å². The highest BCUT2D eigenvalue weighted by molar-refractivity contribution is 9.10. The summed E-state index contributed by atoms with van der Waals surface area (Å²) in [4.78, 5) is 25.8. The maximum Gasteiger partial charge on any atom is 0.272 e. The fourth-order valence-electron chi connectivity index (χ4n) is 0.768. The minimum Gasteiger partial charge on any atom is -0.274 e. The first-order valence-corrected chi connectivity index (χ1v) is 4.58. The Morgan fingerprint density at radius 2 is 2.14 bits per heavy atom. The largest absolute Gasteiger partial charge is 0.274 e. The van der Waals surface area contributed by atoms with Gasteiger partial charge >= 0.3 is 0 Å². The molecule has 2 N–H and O–H groups in total. The number of nitrogens with one attached hydrogen (secondary N) is 2. The first-order chi connectivity index (χ1) is 6.61. The second-order valence-electron chi connectivity index (χ2n) is 2.48. The highest BCUT2D eigenvalue weighted by Gasteiger charge is 2.09. The van der Waals surface area contributed by atoms with E-state index in [9.17, 15) is 9.59 Å². The van der Waals surface area contributed by atoms with Crippen molar-refractivity contribution in [2.45, 2.75) is 6.92 Å². The smallest absolute Gasteiger partial charge is 0.272 e. The van der Waals surface area contributed by atoms with Crippen LogP contribution in [0.1, 0.15) is 17.3 Å². The molecule has 0 unspecified atom stereocenters. The molecule has 0 aliphatic carbocycles. The van der Waals surface area contributed by atoms with Crippen LogP contribution in [0.2, 0.25) is 0 Å². The molecule has 0 bridgehead atoms. The number of halogens is 1. The third kappa shape index (κ3) is 2.81. The summed E-state index contributed by atoms with van der Waals surface area (Å²) in [6.45, 7) is 1.30. The van der Waals surface area contributed by atoms with Gasteiger partial charge in [0, 0.05) is 13.1 Å². The number of carbonyl (C=O) groups is 2. The van der Waals surface area contributed by atoms with Gasteiger partial charge in [-0.3, -0.25) is 20.4 Å². The predicted molar refractivity (Wildman–Crippen MR) is 53.2 cm³/mol. The van der Waals surface area contributed by atoms with Crippen LogP contribution in [0.5, 0.6) is 0 Å². The Morgan fingerprint density at radius 3 is 2.71 bits per heavy atom. The van der Waals surface area contributed by atoms with E-state index in [0.717, 1.165) is 0 Å². The van der Waals surface area contributed by atoms with E-state index in [1.54, 1.807) is 18.3 Å². The number of hydrogen-bond acceptors (Lipinski definition) is 3. The van der Waals surface area contributed by atoms with Gasteiger partial charge in [-0.1, -0.05) is 0 Å². The van der Waals surface area contributed by atoms with Gasteiger partial charge in [-0.15, -0.1) is 0 Å². The molecule has 14 heavy (non-hydrogen) atoms. The van der Waals surface area contributed by atoms with E-state index in [1.165, 1.54) is 6.92 Å². The van der Waals surface area contributed by atoms with E-state index in [-0.39, 0.29) is 5.91 Å². The van der Waals surface area contributed by atoms with Crippen LogP contribution in [-0.4, -0.2) is 16.8 Å². The van der Waals surface area contributed by atoms with Crippen LogP contribution in [0, 0.1) is 0 Å². The van der Waals surface area contributed by atoms with E-state index in [2.05, 4.69) is 31.8 Å². The van der Waals surface area contributed by atoms with Gasteiger partial charge in [0.15, 0.2) is 0 Å². The number of pyridine rings is 1. The van der Waals surface area contributed by atoms with Crippen LogP contribution in [-0.2, 0) is 4.79 Å². The third-order valence-corrected chi connectivity index (χ3v) is 1.99. The number of hydrazine groups is 1. The second kappa shape index (κ2) is 4.71. The first kappa shape index (κ1) is 10.6. The van der Waals surface area contributed by atoms with Crippen molar-refractivity contribution in [3.8, 4) is 0 Å². The van der Waals surface area contributed by atoms with Crippen LogP contribution in [0.15, 0.2) is 22.9 Å². The Kier molecular flexibility index (Phi) is 3.58. The summed E-state index contributed by atoms with van der Waals surface area (Å²) in [5.74, 6) is -0.751. The number of rotatable bonds is 1. The summed E-state index contributed by atoms with van der Waals surface area (Å²) in [5.41, 5.74) is 4.78. The lowest BCUT2D eigenvalue weighted by Crippen LogP contribution is -2.40. The van der Waals surface area contributed by atoms with Crippen molar-refractivity contribution in [1.82, 2.24) is 15.8 Å². The molecule has 0 saturated heterocycles. The summed E-state index contributed by atoms with van der Waals surface area (Å²) in [6.07, 6.45) is 1.55. The average Bonchev–Trinajstić information content (AvgIpc) is 2.15. The molecule has 0 aliphatic rings. The molecule has 0 fully saturated rings. The SMILES string of the molecule is CC(=O)NNC(=O)c1cccnc1Br. The molecular formula is C8H8BrN3O2. The summed E-state index contributed by atoms with van der Waals surface area (Å²) in [7, 11) is 0. The van der Waals surface area contributed by atoms with Gasteiger partial charge in [-0.05, 0) is 28.1 Å². The molecule has 0 radical (unpaired) electrons. The van der Waals surface area contributed by atoms with Gasteiger partial charge in [-0.2, -0.15) is 0 Å². The average molecular weight is 258 g/mol. The van der Waals surface area contributed by atoms with Gasteiger partial charge in [-0.25, -0.2) is 4.98 Å². The molecule has 1 heterocycles. The fraction of sp³-hybridized carbons (Fsp3) is 0.125. The highest BCUT2D eigenvalue weighted by atomic mass is 79.9. The van der Waals surface area contributed by atoms with Crippen molar-refractivity contribution >= 4 is 27.7 Å². The summed E-state index contributed by atoms with van der Waals surface area (Å²) < 4.78 is 0.433. The van der Waals surface area contributed by atoms with E-state index >= 15 is 0 Å². The summed E-state index contributed by atoms with van der Waals surface area (Å²) in [6, 6.07) is 3.22. The number of nitrogens with zero attached hydrogens (tertiary/aromatic N) is 1. The quantitative estimate of drug-likeness (QED) is 0.573. The van der Waals surface area contributed by atoms with Gasteiger partial charge in [0.1, 0.15) is 4.60 Å². The Morgan fingerprint density at radius 1 is 1.43 bits per heavy atom. The zero-order valence-electron chi connectivity index (χ0n) is 7.37. The van der Waals surface area contributed by atoms with E-state index in [4.69, 9.17) is 0 Å². The van der Waals surface area contributed by atoms with Gasteiger partial charge in [0.2, 0.25) is 5.91 Å². The van der Waals surface area contributed by atoms with E-state index < -0.39 is 5.91 Å². The number of hydrogen-bond donors (Lipinski definition) is 2. The van der Waals surface area contributed by atoms with Crippen molar-refractivity contribution < 1.29 is 9.59 Å². The molecule has 0 atom stereocenters. The maximum absolute atomic E-state index is 11.4. The third-order valence-electron chi connectivity index (χ3n) is 1.36. The fourth-order valence-corrected chi connectivity index (χ4v) is 1.20. The molecule has 0 saturated carbocycles. The number of amides is 2. The van der Waals surface area contributed by atoms with Crippen LogP contribution < -0.4 is 10.9 Å². The number of carbonyl (C=O) groups excluding carboxylic acids is 2. The lowest BCUT2D eigenvalue weighted by Gasteiger charge is -2.05. The Labute approximate surface area is 89.0 Å². The van der Waals surface area contributed by atoms with Gasteiger partial charge in [0.25, 0.3) is 5.91 Å². The lowest BCUT2D eigenvalue weighted by atomic mass is 10.3. The molecule has 2 amide bonds. The molecule has 0 aromatic carbocycles. The second-order valence-corrected chi connectivity index (χ2v) is 3.23. The zero-order chi connectivity index (χ0) is 10.6. The zero-order valence-corrected chi connectivity index (χ0v) is 8.96. The predicted octanol–water partition coefficient (Wildman–Crippen LogP) is 0.625. The molecule has 0 spiro atoms. The monoisotopic (exact) mass is 257 g/mol. The van der Waals surface area contributed by atoms with Crippen molar-refractivity contribution in [2.24, 2.45) is 0 Å². The standard InChI is InChI=1S/C8H8BrN3O2/c1-5(13)11-12-8(14)6-3-2-4-10-7(6)9/h2-4H,1H3,(H,11,13)(H,12,14). The Hall–Kier alpha value is -1.43. The van der Waals surface area contributed by atoms with Crippen LogP contribution >= 0.6 is 15.9 Å². The van der Waals surface area contributed by atoms with E-state index in [1.807, 2.05) is 0 Å². The highest BCUT2D eigenvalue weighted by Crippen LogP contribution is 2.11. The van der Waals surface area contributed by atoms with Crippen molar-refractivity contribution in [3.63, 3.8) is 0 Å². The molecule has 1 aromatic rings. The lowest BCUT2D eigenvalue weighted by molar-refractivity contribution is -0.119.